The molecule has 2 unspecified atom stereocenters. The summed E-state index contributed by atoms with van der Waals surface area (Å²) < 4.78 is 0. The topological polar surface area (TPSA) is 3.24 Å². The highest BCUT2D eigenvalue weighted by molar-refractivity contribution is 5.28. The van der Waals surface area contributed by atoms with Crippen molar-refractivity contribution in [3.63, 3.8) is 0 Å². The van der Waals surface area contributed by atoms with Crippen LogP contribution in [0.25, 0.3) is 0 Å². The number of fused-ring (bicyclic) bond motifs is 1. The maximum Gasteiger partial charge on any atom is 0.00151 e. The zero-order valence-electron chi connectivity index (χ0n) is 11.6. The summed E-state index contributed by atoms with van der Waals surface area (Å²) in [5, 5.41) is 0. The average Bonchev–Trinajstić information content (AvgIpc) is 2.58. The molecule has 1 aliphatic carbocycles. The Hall–Kier alpha value is -0.820. The third kappa shape index (κ3) is 2.09. The van der Waals surface area contributed by atoms with E-state index in [1.54, 1.807) is 5.56 Å². The van der Waals surface area contributed by atoms with Gasteiger partial charge in [-0.1, -0.05) is 43.2 Å². The van der Waals surface area contributed by atoms with Gasteiger partial charge < -0.3 is 4.90 Å². The summed E-state index contributed by atoms with van der Waals surface area (Å²) in [6, 6.07) is 11.4. The monoisotopic (exact) mass is 243 g/mol. The SMILES string of the molecule is CN1CCCC2(c3ccccc3)CCCCC2C1. The fraction of sp³-hybridized carbons (Fsp3) is 0.647. The van der Waals surface area contributed by atoms with Crippen molar-refractivity contribution in [2.75, 3.05) is 20.1 Å². The van der Waals surface area contributed by atoms with Crippen molar-refractivity contribution in [2.24, 2.45) is 5.92 Å². The number of benzene rings is 1. The molecule has 2 fully saturated rings. The molecule has 1 nitrogen and oxygen atoms in total. The standard InChI is InChI=1S/C17H25N/c1-18-13-7-12-17(15-8-3-2-4-9-15)11-6-5-10-16(17)14-18/h2-4,8-9,16H,5-7,10-14H2,1H3. The van der Waals surface area contributed by atoms with E-state index in [4.69, 9.17) is 0 Å². The molecule has 1 aromatic carbocycles. The van der Waals surface area contributed by atoms with Gasteiger partial charge in [0.1, 0.15) is 0 Å². The molecule has 3 rings (SSSR count). The lowest BCUT2D eigenvalue weighted by atomic mass is 9.61. The van der Waals surface area contributed by atoms with Crippen molar-refractivity contribution in [1.29, 1.82) is 0 Å². The molecule has 0 radical (unpaired) electrons. The summed E-state index contributed by atoms with van der Waals surface area (Å²) in [6.07, 6.45) is 8.46. The Bertz CT molecular complexity index is 386. The molecule has 98 valence electrons. The molecule has 1 saturated carbocycles. The summed E-state index contributed by atoms with van der Waals surface area (Å²) in [6.45, 7) is 2.58. The van der Waals surface area contributed by atoms with Crippen LogP contribution in [0.1, 0.15) is 44.1 Å². The third-order valence-corrected chi connectivity index (χ3v) is 5.25. The Morgan fingerprint density at radius 2 is 1.83 bits per heavy atom. The summed E-state index contributed by atoms with van der Waals surface area (Å²) in [5.41, 5.74) is 2.11. The highest BCUT2D eigenvalue weighted by Crippen LogP contribution is 2.48. The molecule has 1 aliphatic heterocycles. The van der Waals surface area contributed by atoms with Crippen LogP contribution in [-0.2, 0) is 5.41 Å². The van der Waals surface area contributed by atoms with Crippen molar-refractivity contribution in [3.05, 3.63) is 35.9 Å². The maximum absolute atomic E-state index is 2.56. The van der Waals surface area contributed by atoms with Gasteiger partial charge in [-0.3, -0.25) is 0 Å². The zero-order valence-corrected chi connectivity index (χ0v) is 11.6. The first kappa shape index (κ1) is 12.2. The predicted octanol–water partition coefficient (Wildman–Crippen LogP) is 3.84. The molecular weight excluding hydrogens is 218 g/mol. The van der Waals surface area contributed by atoms with Gasteiger partial charge in [0.15, 0.2) is 0 Å². The van der Waals surface area contributed by atoms with Crippen molar-refractivity contribution in [1.82, 2.24) is 4.90 Å². The molecule has 1 aromatic rings. The highest BCUT2D eigenvalue weighted by Gasteiger charge is 2.43. The van der Waals surface area contributed by atoms with E-state index >= 15 is 0 Å². The molecule has 1 heterocycles. The van der Waals surface area contributed by atoms with E-state index in [0.29, 0.717) is 5.41 Å². The Balaban J connectivity index is 1.98. The molecule has 0 N–H and O–H groups in total. The minimum absolute atomic E-state index is 0.490. The average molecular weight is 243 g/mol. The Morgan fingerprint density at radius 1 is 1.06 bits per heavy atom. The predicted molar refractivity (Wildman–Crippen MR) is 76.8 cm³/mol. The van der Waals surface area contributed by atoms with Crippen molar-refractivity contribution < 1.29 is 0 Å². The lowest BCUT2D eigenvalue weighted by Crippen LogP contribution is -2.41. The lowest BCUT2D eigenvalue weighted by Gasteiger charge is -2.44. The number of likely N-dealkylation sites (tertiary alicyclic amines) is 1. The minimum Gasteiger partial charge on any atom is -0.306 e. The molecule has 0 aromatic heterocycles. The van der Waals surface area contributed by atoms with Gasteiger partial charge in [-0.15, -0.1) is 0 Å². The second kappa shape index (κ2) is 5.05. The Kier molecular flexibility index (Phi) is 3.43. The van der Waals surface area contributed by atoms with Crippen LogP contribution < -0.4 is 0 Å². The third-order valence-electron chi connectivity index (χ3n) is 5.25. The number of rotatable bonds is 1. The summed E-state index contributed by atoms with van der Waals surface area (Å²) >= 11 is 0. The fourth-order valence-electron chi connectivity index (χ4n) is 4.33. The van der Waals surface area contributed by atoms with Gasteiger partial charge in [-0.05, 0) is 56.2 Å². The smallest absolute Gasteiger partial charge is 0.00151 e. The van der Waals surface area contributed by atoms with Crippen LogP contribution in [-0.4, -0.2) is 25.0 Å². The zero-order chi connectivity index (χ0) is 12.4. The van der Waals surface area contributed by atoms with E-state index in [-0.39, 0.29) is 0 Å². The van der Waals surface area contributed by atoms with Gasteiger partial charge in [-0.2, -0.15) is 0 Å². The summed E-state index contributed by atoms with van der Waals surface area (Å²) in [5.74, 6) is 0.876. The second-order valence-corrected chi connectivity index (χ2v) is 6.33. The van der Waals surface area contributed by atoms with Crippen LogP contribution in [0.15, 0.2) is 30.3 Å². The van der Waals surface area contributed by atoms with Crippen LogP contribution in [0.4, 0.5) is 0 Å². The van der Waals surface area contributed by atoms with E-state index in [1.165, 1.54) is 51.6 Å². The molecule has 0 bridgehead atoms. The van der Waals surface area contributed by atoms with E-state index in [1.807, 2.05) is 0 Å². The molecule has 1 saturated heterocycles. The van der Waals surface area contributed by atoms with E-state index in [0.717, 1.165) is 5.92 Å². The van der Waals surface area contributed by atoms with Gasteiger partial charge in [0.2, 0.25) is 0 Å². The molecule has 0 amide bonds. The van der Waals surface area contributed by atoms with Crippen LogP contribution in [0, 0.1) is 5.92 Å². The minimum atomic E-state index is 0.490. The highest BCUT2D eigenvalue weighted by atomic mass is 15.1. The van der Waals surface area contributed by atoms with Crippen LogP contribution in [0.3, 0.4) is 0 Å². The van der Waals surface area contributed by atoms with Crippen LogP contribution >= 0.6 is 0 Å². The maximum atomic E-state index is 2.56. The van der Waals surface area contributed by atoms with Gasteiger partial charge >= 0.3 is 0 Å². The molecule has 1 heteroatoms. The molecule has 0 spiro atoms. The van der Waals surface area contributed by atoms with E-state index in [2.05, 4.69) is 42.3 Å². The fourth-order valence-corrected chi connectivity index (χ4v) is 4.33. The number of nitrogens with zero attached hydrogens (tertiary/aromatic N) is 1. The largest absolute Gasteiger partial charge is 0.306 e. The van der Waals surface area contributed by atoms with Gasteiger partial charge in [0.25, 0.3) is 0 Å². The molecule has 2 atom stereocenters. The van der Waals surface area contributed by atoms with E-state index in [9.17, 15) is 0 Å². The van der Waals surface area contributed by atoms with Crippen molar-refractivity contribution in [3.8, 4) is 0 Å². The summed E-state index contributed by atoms with van der Waals surface area (Å²) in [4.78, 5) is 2.56. The first-order valence-corrected chi connectivity index (χ1v) is 7.55. The first-order chi connectivity index (χ1) is 8.81. The van der Waals surface area contributed by atoms with Crippen molar-refractivity contribution in [2.45, 2.75) is 43.9 Å². The van der Waals surface area contributed by atoms with Gasteiger partial charge in [0.05, 0.1) is 0 Å². The number of hydrogen-bond donors (Lipinski definition) is 0. The normalized spacial score (nSPS) is 33.7. The van der Waals surface area contributed by atoms with Gasteiger partial charge in [-0.25, -0.2) is 0 Å². The van der Waals surface area contributed by atoms with Crippen molar-refractivity contribution >= 4 is 0 Å². The first-order valence-electron chi connectivity index (χ1n) is 7.55. The number of hydrogen-bond acceptors (Lipinski definition) is 1. The Labute approximate surface area is 111 Å². The molecule has 18 heavy (non-hydrogen) atoms. The second-order valence-electron chi connectivity index (χ2n) is 6.33. The van der Waals surface area contributed by atoms with Crippen LogP contribution in [0.2, 0.25) is 0 Å². The lowest BCUT2D eigenvalue weighted by molar-refractivity contribution is 0.157. The van der Waals surface area contributed by atoms with E-state index < -0.39 is 0 Å². The molecule has 2 aliphatic rings. The molecular formula is C17H25N. The van der Waals surface area contributed by atoms with Crippen LogP contribution in [0.5, 0.6) is 0 Å². The quantitative estimate of drug-likeness (QED) is 0.724. The Morgan fingerprint density at radius 3 is 2.67 bits per heavy atom. The summed E-state index contributed by atoms with van der Waals surface area (Å²) in [7, 11) is 2.30. The van der Waals surface area contributed by atoms with Gasteiger partial charge in [0, 0.05) is 6.54 Å².